The number of rotatable bonds is 6. The molecule has 0 saturated carbocycles. The van der Waals surface area contributed by atoms with Crippen LogP contribution in [0.25, 0.3) is 0 Å². The highest BCUT2D eigenvalue weighted by Gasteiger charge is 2.05. The summed E-state index contributed by atoms with van der Waals surface area (Å²) in [6, 6.07) is 15.3. The van der Waals surface area contributed by atoms with E-state index in [1.165, 1.54) is 0 Å². The largest absolute Gasteiger partial charge is 0.497 e. The molecule has 2 rings (SSSR count). The number of hydrogen-bond acceptors (Lipinski definition) is 2. The van der Waals surface area contributed by atoms with Gasteiger partial charge in [0.1, 0.15) is 11.5 Å². The van der Waals surface area contributed by atoms with Crippen LogP contribution in [0.3, 0.4) is 0 Å². The van der Waals surface area contributed by atoms with Crippen molar-refractivity contribution in [2.45, 2.75) is 19.3 Å². The van der Waals surface area contributed by atoms with E-state index in [2.05, 4.69) is 0 Å². The van der Waals surface area contributed by atoms with E-state index >= 15 is 0 Å². The Balaban J connectivity index is 1.85. The monoisotopic (exact) mass is 288 g/mol. The van der Waals surface area contributed by atoms with E-state index in [1.807, 2.05) is 48.5 Å². The van der Waals surface area contributed by atoms with Gasteiger partial charge in [-0.1, -0.05) is 35.9 Å². The van der Waals surface area contributed by atoms with Crippen LogP contribution in [0, 0.1) is 0 Å². The highest BCUT2D eigenvalue weighted by molar-refractivity contribution is 6.30. The summed E-state index contributed by atoms with van der Waals surface area (Å²) in [5.74, 6) is 1.06. The zero-order chi connectivity index (χ0) is 14.4. The minimum absolute atomic E-state index is 0.225. The fourth-order valence-electron chi connectivity index (χ4n) is 2.04. The van der Waals surface area contributed by atoms with Gasteiger partial charge in [-0.3, -0.25) is 4.79 Å². The van der Waals surface area contributed by atoms with Gasteiger partial charge in [-0.05, 0) is 41.8 Å². The van der Waals surface area contributed by atoms with Crippen molar-refractivity contribution in [3.8, 4) is 5.75 Å². The Labute approximate surface area is 124 Å². The molecule has 0 aromatic heterocycles. The normalized spacial score (nSPS) is 10.3. The highest BCUT2D eigenvalue weighted by atomic mass is 35.5. The quantitative estimate of drug-likeness (QED) is 0.800. The minimum Gasteiger partial charge on any atom is -0.497 e. The number of benzene rings is 2. The summed E-state index contributed by atoms with van der Waals surface area (Å²) in [6.45, 7) is 0. The Kier molecular flexibility index (Phi) is 5.19. The summed E-state index contributed by atoms with van der Waals surface area (Å²) in [5.41, 5.74) is 2.11. The fraction of sp³-hybridized carbons (Fsp3) is 0.235. The summed E-state index contributed by atoms with van der Waals surface area (Å²) in [7, 11) is 1.64. The minimum atomic E-state index is 0.225. The molecule has 0 heterocycles. The van der Waals surface area contributed by atoms with Crippen molar-refractivity contribution < 1.29 is 9.53 Å². The first kappa shape index (κ1) is 14.6. The second-order valence-electron chi connectivity index (χ2n) is 4.69. The number of aryl methyl sites for hydroxylation is 1. The average Bonchev–Trinajstić information content (AvgIpc) is 2.46. The number of ether oxygens (including phenoxy) is 1. The summed E-state index contributed by atoms with van der Waals surface area (Å²) in [6.07, 6.45) is 1.74. The maximum absolute atomic E-state index is 12.0. The predicted molar refractivity (Wildman–Crippen MR) is 81.5 cm³/mol. The van der Waals surface area contributed by atoms with Crippen LogP contribution in [-0.2, 0) is 17.6 Å². The third-order valence-corrected chi connectivity index (χ3v) is 3.38. The van der Waals surface area contributed by atoms with Crippen molar-refractivity contribution in [2.24, 2.45) is 0 Å². The van der Waals surface area contributed by atoms with Crippen LogP contribution in [0.15, 0.2) is 48.5 Å². The first-order chi connectivity index (χ1) is 9.67. The van der Waals surface area contributed by atoms with E-state index in [1.54, 1.807) is 7.11 Å². The number of methoxy groups -OCH3 is 1. The van der Waals surface area contributed by atoms with Gasteiger partial charge in [0.25, 0.3) is 0 Å². The standard InChI is InChI=1S/C17H17ClO2/c1-20-17-9-6-13(7-10-17)5-8-16(19)12-14-3-2-4-15(18)11-14/h2-4,6-7,9-11H,5,8,12H2,1H3. The fourth-order valence-corrected chi connectivity index (χ4v) is 2.25. The number of ketones is 1. The molecule has 0 aliphatic rings. The Morgan fingerprint density at radius 2 is 1.85 bits per heavy atom. The maximum atomic E-state index is 12.0. The number of hydrogen-bond donors (Lipinski definition) is 0. The van der Waals surface area contributed by atoms with Crippen molar-refractivity contribution in [1.29, 1.82) is 0 Å². The molecule has 0 spiro atoms. The van der Waals surface area contributed by atoms with Gasteiger partial charge in [-0.25, -0.2) is 0 Å². The molecule has 3 heteroatoms. The second kappa shape index (κ2) is 7.11. The molecule has 0 saturated heterocycles. The lowest BCUT2D eigenvalue weighted by Crippen LogP contribution is -2.04. The molecule has 0 bridgehead atoms. The molecule has 2 aromatic carbocycles. The second-order valence-corrected chi connectivity index (χ2v) is 5.13. The first-order valence-corrected chi connectivity index (χ1v) is 6.94. The molecular weight excluding hydrogens is 272 g/mol. The van der Waals surface area contributed by atoms with Gasteiger partial charge in [0.05, 0.1) is 7.11 Å². The number of carbonyl (C=O) groups is 1. The van der Waals surface area contributed by atoms with Crippen LogP contribution in [0.1, 0.15) is 17.5 Å². The lowest BCUT2D eigenvalue weighted by atomic mass is 10.0. The lowest BCUT2D eigenvalue weighted by Gasteiger charge is -2.04. The maximum Gasteiger partial charge on any atom is 0.137 e. The first-order valence-electron chi connectivity index (χ1n) is 6.56. The van der Waals surface area contributed by atoms with Crippen molar-refractivity contribution in [2.75, 3.05) is 7.11 Å². The molecule has 0 atom stereocenters. The smallest absolute Gasteiger partial charge is 0.137 e. The van der Waals surface area contributed by atoms with Crippen molar-refractivity contribution >= 4 is 17.4 Å². The molecule has 0 radical (unpaired) electrons. The van der Waals surface area contributed by atoms with E-state index in [-0.39, 0.29) is 5.78 Å². The predicted octanol–water partition coefficient (Wildman–Crippen LogP) is 4.09. The van der Waals surface area contributed by atoms with Gasteiger partial charge in [0, 0.05) is 17.9 Å². The molecule has 0 aliphatic carbocycles. The Hall–Kier alpha value is -1.80. The molecule has 20 heavy (non-hydrogen) atoms. The SMILES string of the molecule is COc1ccc(CCC(=O)Cc2cccc(Cl)c2)cc1. The Morgan fingerprint density at radius 3 is 2.50 bits per heavy atom. The van der Waals surface area contributed by atoms with E-state index in [0.717, 1.165) is 23.3 Å². The van der Waals surface area contributed by atoms with E-state index in [0.29, 0.717) is 17.9 Å². The van der Waals surface area contributed by atoms with Gasteiger partial charge >= 0.3 is 0 Å². The van der Waals surface area contributed by atoms with Crippen LogP contribution in [-0.4, -0.2) is 12.9 Å². The summed E-state index contributed by atoms with van der Waals surface area (Å²) < 4.78 is 5.11. The van der Waals surface area contributed by atoms with E-state index < -0.39 is 0 Å². The molecule has 104 valence electrons. The number of halogens is 1. The Morgan fingerprint density at radius 1 is 1.10 bits per heavy atom. The lowest BCUT2D eigenvalue weighted by molar-refractivity contribution is -0.118. The molecule has 2 aromatic rings. The molecule has 0 fully saturated rings. The van der Waals surface area contributed by atoms with Crippen LogP contribution in [0.4, 0.5) is 0 Å². The molecule has 2 nitrogen and oxygen atoms in total. The van der Waals surface area contributed by atoms with Crippen LogP contribution in [0.5, 0.6) is 5.75 Å². The third-order valence-electron chi connectivity index (χ3n) is 3.14. The number of Topliss-reactive ketones (excluding diaryl/α,β-unsaturated/α-hetero) is 1. The van der Waals surface area contributed by atoms with E-state index in [4.69, 9.17) is 16.3 Å². The van der Waals surface area contributed by atoms with Gasteiger partial charge in [-0.2, -0.15) is 0 Å². The van der Waals surface area contributed by atoms with Gasteiger partial charge in [0.2, 0.25) is 0 Å². The Bertz CT molecular complexity index is 576. The zero-order valence-corrected chi connectivity index (χ0v) is 12.2. The third kappa shape index (κ3) is 4.39. The summed E-state index contributed by atoms with van der Waals surface area (Å²) >= 11 is 5.91. The van der Waals surface area contributed by atoms with Gasteiger partial charge in [0.15, 0.2) is 0 Å². The van der Waals surface area contributed by atoms with Gasteiger partial charge < -0.3 is 4.74 Å². The van der Waals surface area contributed by atoms with Crippen molar-refractivity contribution in [3.05, 3.63) is 64.7 Å². The number of carbonyl (C=O) groups excluding carboxylic acids is 1. The molecular formula is C17H17ClO2. The molecule has 0 unspecified atom stereocenters. The summed E-state index contributed by atoms with van der Waals surface area (Å²) in [4.78, 5) is 12.0. The van der Waals surface area contributed by atoms with Crippen LogP contribution < -0.4 is 4.74 Å². The molecule has 0 aliphatic heterocycles. The van der Waals surface area contributed by atoms with Crippen molar-refractivity contribution in [1.82, 2.24) is 0 Å². The van der Waals surface area contributed by atoms with Crippen molar-refractivity contribution in [3.63, 3.8) is 0 Å². The zero-order valence-electron chi connectivity index (χ0n) is 11.4. The molecule has 0 amide bonds. The summed E-state index contributed by atoms with van der Waals surface area (Å²) in [5, 5.41) is 0.672. The van der Waals surface area contributed by atoms with Gasteiger partial charge in [-0.15, -0.1) is 0 Å². The van der Waals surface area contributed by atoms with Crippen LogP contribution >= 0.6 is 11.6 Å². The topological polar surface area (TPSA) is 26.3 Å². The average molecular weight is 289 g/mol. The molecule has 0 N–H and O–H groups in total. The highest BCUT2D eigenvalue weighted by Crippen LogP contribution is 2.14. The van der Waals surface area contributed by atoms with E-state index in [9.17, 15) is 4.79 Å². The van der Waals surface area contributed by atoms with Crippen LogP contribution in [0.2, 0.25) is 5.02 Å².